The first-order valence-corrected chi connectivity index (χ1v) is 6.77. The molecule has 0 bridgehead atoms. The molecule has 19 heavy (non-hydrogen) atoms. The van der Waals surface area contributed by atoms with Crippen molar-refractivity contribution in [1.82, 2.24) is 4.90 Å². The summed E-state index contributed by atoms with van der Waals surface area (Å²) in [6.07, 6.45) is 1.58. The molecule has 1 fully saturated rings. The summed E-state index contributed by atoms with van der Waals surface area (Å²) in [5.41, 5.74) is 6.75. The lowest BCUT2D eigenvalue weighted by Gasteiger charge is -2.17. The van der Waals surface area contributed by atoms with E-state index in [1.807, 2.05) is 0 Å². The summed E-state index contributed by atoms with van der Waals surface area (Å²) in [6, 6.07) is 4.48. The van der Waals surface area contributed by atoms with Crippen LogP contribution < -0.4 is 5.73 Å². The molecule has 3 nitrogen and oxygen atoms in total. The number of hydrogen-bond acceptors (Lipinski definition) is 2. The Balaban J connectivity index is 2.15. The second-order valence-corrected chi connectivity index (χ2v) is 5.40. The van der Waals surface area contributed by atoms with Gasteiger partial charge in [0.2, 0.25) is 5.91 Å². The fourth-order valence-electron chi connectivity index (χ4n) is 2.38. The first-order valence-electron chi connectivity index (χ1n) is 6.36. The number of nitrogens with zero attached hydrogens (tertiary/aromatic N) is 1. The lowest BCUT2D eigenvalue weighted by molar-refractivity contribution is -0.128. The van der Waals surface area contributed by atoms with Crippen molar-refractivity contribution in [3.8, 4) is 0 Å². The van der Waals surface area contributed by atoms with Crippen molar-refractivity contribution >= 4 is 23.1 Å². The van der Waals surface area contributed by atoms with Crippen LogP contribution in [0.5, 0.6) is 0 Å². The average molecular weight is 280 g/mol. The third-order valence-electron chi connectivity index (χ3n) is 3.49. The van der Waals surface area contributed by atoms with E-state index in [0.29, 0.717) is 24.4 Å². The molecule has 1 aliphatic heterocycles. The van der Waals surface area contributed by atoms with E-state index in [1.165, 1.54) is 12.1 Å². The highest BCUT2D eigenvalue weighted by Crippen LogP contribution is 2.23. The Morgan fingerprint density at radius 2 is 2.26 bits per heavy atom. The number of amides is 1. The van der Waals surface area contributed by atoms with Gasteiger partial charge in [0.25, 0.3) is 0 Å². The molecule has 1 saturated heterocycles. The zero-order valence-electron chi connectivity index (χ0n) is 10.9. The molecule has 0 spiro atoms. The van der Waals surface area contributed by atoms with Crippen LogP contribution in [0.15, 0.2) is 18.2 Å². The summed E-state index contributed by atoms with van der Waals surface area (Å²) in [6.45, 7) is 3.24. The summed E-state index contributed by atoms with van der Waals surface area (Å²) in [5.74, 6) is 0.170. The van der Waals surface area contributed by atoms with Crippen LogP contribution in [0.3, 0.4) is 0 Å². The lowest BCUT2D eigenvalue weighted by Crippen LogP contribution is -2.25. The smallest absolute Gasteiger partial charge is 0.223 e. The van der Waals surface area contributed by atoms with Crippen LogP contribution in [0.1, 0.15) is 30.9 Å². The lowest BCUT2D eigenvalue weighted by atomic mass is 10.1. The third-order valence-corrected chi connectivity index (χ3v) is 3.72. The molecule has 2 N–H and O–H groups in total. The molecule has 5 heteroatoms. The number of carbonyl (C=O) groups excluding carboxylic acids is 1. The number of rotatable bonds is 4. The van der Waals surface area contributed by atoms with Crippen LogP contribution in [-0.4, -0.2) is 22.3 Å². The van der Waals surface area contributed by atoms with Gasteiger partial charge in [-0.15, -0.1) is 0 Å². The van der Waals surface area contributed by atoms with Gasteiger partial charge in [0.15, 0.2) is 0 Å². The number of likely N-dealkylation sites (tertiary alicyclic amines) is 1. The molecule has 1 unspecified atom stereocenters. The maximum Gasteiger partial charge on any atom is 0.223 e. The van der Waals surface area contributed by atoms with Gasteiger partial charge in [-0.3, -0.25) is 4.79 Å². The maximum absolute atomic E-state index is 13.5. The number of benzene rings is 1. The zero-order valence-corrected chi connectivity index (χ0v) is 11.7. The van der Waals surface area contributed by atoms with Gasteiger partial charge in [-0.05, 0) is 29.7 Å². The van der Waals surface area contributed by atoms with Crippen LogP contribution in [0.2, 0.25) is 0 Å². The van der Waals surface area contributed by atoms with Gasteiger partial charge in [0, 0.05) is 25.1 Å². The van der Waals surface area contributed by atoms with E-state index < -0.39 is 0 Å². The molecular weight excluding hydrogens is 263 g/mol. The SMILES string of the molecule is CCC1CC(=O)N(Cc2cc(F)cc(C(N)=S)c2)C1. The van der Waals surface area contributed by atoms with Gasteiger partial charge in [0.05, 0.1) is 0 Å². The third kappa shape index (κ3) is 3.29. The van der Waals surface area contributed by atoms with Crippen LogP contribution in [0.25, 0.3) is 0 Å². The molecule has 0 radical (unpaired) electrons. The Morgan fingerprint density at radius 3 is 2.84 bits per heavy atom. The minimum Gasteiger partial charge on any atom is -0.389 e. The highest BCUT2D eigenvalue weighted by Gasteiger charge is 2.28. The summed E-state index contributed by atoms with van der Waals surface area (Å²) in [5, 5.41) is 0. The van der Waals surface area contributed by atoms with Crippen LogP contribution >= 0.6 is 12.2 Å². The first kappa shape index (κ1) is 13.9. The van der Waals surface area contributed by atoms with Gasteiger partial charge < -0.3 is 10.6 Å². The molecule has 1 atom stereocenters. The van der Waals surface area contributed by atoms with E-state index in [4.69, 9.17) is 18.0 Å². The fourth-order valence-corrected chi connectivity index (χ4v) is 2.50. The van der Waals surface area contributed by atoms with E-state index >= 15 is 0 Å². The standard InChI is InChI=1S/C14H17FN2OS/c1-2-9-5-13(18)17(7-9)8-10-3-11(14(16)19)6-12(15)4-10/h3-4,6,9H,2,5,7-8H2,1H3,(H2,16,19). The topological polar surface area (TPSA) is 46.3 Å². The van der Waals surface area contributed by atoms with Gasteiger partial charge >= 0.3 is 0 Å². The number of nitrogens with two attached hydrogens (primary N) is 1. The summed E-state index contributed by atoms with van der Waals surface area (Å²) in [4.78, 5) is 13.8. The van der Waals surface area contributed by atoms with E-state index in [2.05, 4.69) is 6.92 Å². The van der Waals surface area contributed by atoms with E-state index in [9.17, 15) is 9.18 Å². The Kier molecular flexibility index (Phi) is 4.14. The molecule has 2 rings (SSSR count). The van der Waals surface area contributed by atoms with E-state index in [-0.39, 0.29) is 16.7 Å². The molecule has 0 aliphatic carbocycles. The number of thiocarbonyl (C=S) groups is 1. The van der Waals surface area contributed by atoms with Crippen molar-refractivity contribution in [1.29, 1.82) is 0 Å². The van der Waals surface area contributed by atoms with Crippen molar-refractivity contribution in [3.63, 3.8) is 0 Å². The largest absolute Gasteiger partial charge is 0.389 e. The van der Waals surface area contributed by atoms with Crippen LogP contribution in [0.4, 0.5) is 4.39 Å². The molecule has 1 aromatic carbocycles. The molecule has 1 heterocycles. The highest BCUT2D eigenvalue weighted by atomic mass is 32.1. The summed E-state index contributed by atoms with van der Waals surface area (Å²) in [7, 11) is 0. The molecule has 1 aliphatic rings. The Hall–Kier alpha value is -1.49. The van der Waals surface area contributed by atoms with Gasteiger partial charge in [-0.25, -0.2) is 4.39 Å². The molecule has 1 amide bonds. The van der Waals surface area contributed by atoms with Crippen molar-refractivity contribution in [2.24, 2.45) is 11.7 Å². The minimum absolute atomic E-state index is 0.132. The second-order valence-electron chi connectivity index (χ2n) is 4.97. The van der Waals surface area contributed by atoms with E-state index in [0.717, 1.165) is 18.5 Å². The van der Waals surface area contributed by atoms with E-state index in [1.54, 1.807) is 11.0 Å². The fraction of sp³-hybridized carbons (Fsp3) is 0.429. The Labute approximate surface area is 117 Å². The molecule has 0 saturated carbocycles. The van der Waals surface area contributed by atoms with Gasteiger partial charge in [0.1, 0.15) is 10.8 Å². The Bertz CT molecular complexity index is 518. The van der Waals surface area contributed by atoms with Crippen molar-refractivity contribution < 1.29 is 9.18 Å². The van der Waals surface area contributed by atoms with Gasteiger partial charge in [-0.1, -0.05) is 25.6 Å². The van der Waals surface area contributed by atoms with Gasteiger partial charge in [-0.2, -0.15) is 0 Å². The van der Waals surface area contributed by atoms with Crippen LogP contribution in [0, 0.1) is 11.7 Å². The van der Waals surface area contributed by atoms with Crippen molar-refractivity contribution in [2.45, 2.75) is 26.3 Å². The Morgan fingerprint density at radius 1 is 1.53 bits per heavy atom. The molecule has 1 aromatic rings. The first-order chi connectivity index (χ1) is 8.99. The number of carbonyl (C=O) groups is 1. The molecule has 0 aromatic heterocycles. The quantitative estimate of drug-likeness (QED) is 0.860. The summed E-state index contributed by atoms with van der Waals surface area (Å²) >= 11 is 4.86. The van der Waals surface area contributed by atoms with Crippen molar-refractivity contribution in [3.05, 3.63) is 35.1 Å². The van der Waals surface area contributed by atoms with Crippen molar-refractivity contribution in [2.75, 3.05) is 6.54 Å². The maximum atomic E-state index is 13.5. The highest BCUT2D eigenvalue weighted by molar-refractivity contribution is 7.80. The normalized spacial score (nSPS) is 18.9. The second kappa shape index (κ2) is 5.65. The predicted octanol–water partition coefficient (Wildman–Crippen LogP) is 2.22. The number of halogens is 1. The average Bonchev–Trinajstić information content (AvgIpc) is 2.69. The number of hydrogen-bond donors (Lipinski definition) is 1. The molecular formula is C14H17FN2OS. The molecule has 102 valence electrons. The minimum atomic E-state index is -0.376. The zero-order chi connectivity index (χ0) is 14.0. The predicted molar refractivity (Wildman–Crippen MR) is 76.1 cm³/mol. The van der Waals surface area contributed by atoms with Crippen LogP contribution in [-0.2, 0) is 11.3 Å². The monoisotopic (exact) mass is 280 g/mol. The summed E-state index contributed by atoms with van der Waals surface area (Å²) < 4.78 is 13.5.